The molecule has 2 aromatic carbocycles. The number of carbonyl (C=O) groups is 1. The van der Waals surface area contributed by atoms with Gasteiger partial charge in [0.1, 0.15) is 11.6 Å². The first-order valence-electron chi connectivity index (χ1n) is 9.71. The van der Waals surface area contributed by atoms with Crippen molar-refractivity contribution in [1.82, 2.24) is 19.9 Å². The summed E-state index contributed by atoms with van der Waals surface area (Å²) in [6.45, 7) is 1.63. The fourth-order valence-electron chi connectivity index (χ4n) is 3.21. The molecular weight excluding hydrogens is 400 g/mol. The van der Waals surface area contributed by atoms with E-state index in [9.17, 15) is 4.79 Å². The predicted molar refractivity (Wildman–Crippen MR) is 117 cm³/mol. The van der Waals surface area contributed by atoms with E-state index in [1.165, 1.54) is 0 Å². The zero-order valence-electron chi connectivity index (χ0n) is 16.3. The third kappa shape index (κ3) is 4.78. The first-order chi connectivity index (χ1) is 14.7. The van der Waals surface area contributed by atoms with E-state index in [0.29, 0.717) is 23.7 Å². The molecule has 152 valence electrons. The number of nitrogens with one attached hydrogen (secondary N) is 1. The highest BCUT2D eigenvalue weighted by Crippen LogP contribution is 2.18. The van der Waals surface area contributed by atoms with E-state index >= 15 is 0 Å². The molecule has 4 rings (SSSR count). The molecule has 1 amide bonds. The fourth-order valence-corrected chi connectivity index (χ4v) is 3.34. The maximum Gasteiger partial charge on any atom is 0.253 e. The fraction of sp³-hybridized carbons (Fsp3) is 0.174. The van der Waals surface area contributed by atoms with E-state index in [1.54, 1.807) is 24.5 Å². The zero-order chi connectivity index (χ0) is 20.8. The van der Waals surface area contributed by atoms with Crippen LogP contribution in [0.25, 0.3) is 11.0 Å². The molecule has 6 nitrogen and oxygen atoms in total. The summed E-state index contributed by atoms with van der Waals surface area (Å²) in [4.78, 5) is 21.1. The molecule has 2 heterocycles. The minimum absolute atomic E-state index is 0.173. The summed E-state index contributed by atoms with van der Waals surface area (Å²) in [7, 11) is 0. The van der Waals surface area contributed by atoms with Crippen molar-refractivity contribution in [3.05, 3.63) is 89.5 Å². The Balaban J connectivity index is 1.42. The van der Waals surface area contributed by atoms with Crippen molar-refractivity contribution < 1.29 is 9.53 Å². The lowest BCUT2D eigenvalue weighted by Crippen LogP contribution is -2.25. The molecule has 0 bridgehead atoms. The van der Waals surface area contributed by atoms with Crippen LogP contribution >= 0.6 is 11.6 Å². The third-order valence-electron chi connectivity index (χ3n) is 4.67. The van der Waals surface area contributed by atoms with Gasteiger partial charge in [-0.05, 0) is 55.0 Å². The molecule has 0 fully saturated rings. The summed E-state index contributed by atoms with van der Waals surface area (Å²) < 4.78 is 7.93. The summed E-state index contributed by atoms with van der Waals surface area (Å²) in [6.07, 6.45) is 3.99. The number of imidazole rings is 1. The average molecular weight is 421 g/mol. The normalized spacial score (nSPS) is 10.8. The molecule has 2 aromatic heterocycles. The van der Waals surface area contributed by atoms with Crippen molar-refractivity contribution in [1.29, 1.82) is 0 Å². The number of para-hydroxylation sites is 2. The Morgan fingerprint density at radius 3 is 2.70 bits per heavy atom. The van der Waals surface area contributed by atoms with Crippen LogP contribution in [-0.4, -0.2) is 27.0 Å². The standard InChI is InChI=1S/C23H21ClN4O2/c24-18-8-10-19(11-9-18)30-14-4-13-28-21-7-2-1-6-20(21)27-22(28)16-26-23(29)17-5-3-12-25-15-17/h1-3,5-12,15H,4,13-14,16H2,(H,26,29). The van der Waals surface area contributed by atoms with Crippen LogP contribution in [0, 0.1) is 0 Å². The molecule has 0 atom stereocenters. The highest BCUT2D eigenvalue weighted by Gasteiger charge is 2.12. The van der Waals surface area contributed by atoms with E-state index < -0.39 is 0 Å². The van der Waals surface area contributed by atoms with Gasteiger partial charge in [0.05, 0.1) is 29.7 Å². The molecule has 0 saturated heterocycles. The van der Waals surface area contributed by atoms with Crippen LogP contribution in [0.5, 0.6) is 5.75 Å². The zero-order valence-corrected chi connectivity index (χ0v) is 17.0. The molecule has 0 unspecified atom stereocenters. The highest BCUT2D eigenvalue weighted by atomic mass is 35.5. The van der Waals surface area contributed by atoms with Gasteiger partial charge in [-0.2, -0.15) is 0 Å². The Labute approximate surface area is 179 Å². The SMILES string of the molecule is O=C(NCc1nc2ccccc2n1CCCOc1ccc(Cl)cc1)c1cccnc1. The molecule has 0 aliphatic carbocycles. The van der Waals surface area contributed by atoms with Crippen LogP contribution in [0.4, 0.5) is 0 Å². The number of rotatable bonds is 8. The van der Waals surface area contributed by atoms with Crippen LogP contribution in [0.2, 0.25) is 5.02 Å². The molecule has 30 heavy (non-hydrogen) atoms. The Morgan fingerprint density at radius 2 is 1.90 bits per heavy atom. The number of halogens is 1. The number of aryl methyl sites for hydroxylation is 1. The number of nitrogens with zero attached hydrogens (tertiary/aromatic N) is 3. The van der Waals surface area contributed by atoms with E-state index in [2.05, 4.69) is 14.9 Å². The Kier molecular flexibility index (Phi) is 6.25. The minimum atomic E-state index is -0.173. The number of ether oxygens (including phenoxy) is 1. The Bertz CT molecular complexity index is 1130. The number of hydrogen-bond donors (Lipinski definition) is 1. The third-order valence-corrected chi connectivity index (χ3v) is 4.92. The second-order valence-electron chi connectivity index (χ2n) is 6.75. The monoisotopic (exact) mass is 420 g/mol. The van der Waals surface area contributed by atoms with Crippen molar-refractivity contribution in [2.75, 3.05) is 6.61 Å². The van der Waals surface area contributed by atoms with Gasteiger partial charge in [0.25, 0.3) is 5.91 Å². The Hall–Kier alpha value is -3.38. The van der Waals surface area contributed by atoms with Gasteiger partial charge in [-0.3, -0.25) is 9.78 Å². The lowest BCUT2D eigenvalue weighted by atomic mass is 10.3. The van der Waals surface area contributed by atoms with Crippen LogP contribution < -0.4 is 10.1 Å². The molecule has 0 aliphatic heterocycles. The van der Waals surface area contributed by atoms with Gasteiger partial charge in [-0.15, -0.1) is 0 Å². The summed E-state index contributed by atoms with van der Waals surface area (Å²) in [5, 5.41) is 3.62. The van der Waals surface area contributed by atoms with Crippen molar-refractivity contribution in [2.45, 2.75) is 19.5 Å². The first kappa shape index (κ1) is 19.9. The van der Waals surface area contributed by atoms with Gasteiger partial charge in [0.2, 0.25) is 0 Å². The first-order valence-corrected chi connectivity index (χ1v) is 10.1. The second-order valence-corrected chi connectivity index (χ2v) is 7.19. The second kappa shape index (κ2) is 9.41. The average Bonchev–Trinajstić information content (AvgIpc) is 3.14. The van der Waals surface area contributed by atoms with E-state index in [-0.39, 0.29) is 5.91 Å². The topological polar surface area (TPSA) is 69.0 Å². The van der Waals surface area contributed by atoms with Gasteiger partial charge in [0, 0.05) is 24.0 Å². The summed E-state index contributed by atoms with van der Waals surface area (Å²) in [5.41, 5.74) is 2.47. The summed E-state index contributed by atoms with van der Waals surface area (Å²) in [6, 6.07) is 18.8. The van der Waals surface area contributed by atoms with Crippen molar-refractivity contribution in [2.24, 2.45) is 0 Å². The summed E-state index contributed by atoms with van der Waals surface area (Å²) >= 11 is 5.91. The van der Waals surface area contributed by atoms with E-state index in [1.807, 2.05) is 48.5 Å². The smallest absolute Gasteiger partial charge is 0.253 e. The van der Waals surface area contributed by atoms with Crippen LogP contribution in [-0.2, 0) is 13.1 Å². The van der Waals surface area contributed by atoms with Crippen LogP contribution in [0.15, 0.2) is 73.1 Å². The van der Waals surface area contributed by atoms with Gasteiger partial charge >= 0.3 is 0 Å². The van der Waals surface area contributed by atoms with Gasteiger partial charge in [-0.25, -0.2) is 4.98 Å². The molecule has 0 spiro atoms. The molecule has 7 heteroatoms. The number of amides is 1. The number of hydrogen-bond acceptors (Lipinski definition) is 4. The minimum Gasteiger partial charge on any atom is -0.494 e. The van der Waals surface area contributed by atoms with Crippen molar-refractivity contribution >= 4 is 28.5 Å². The molecule has 0 radical (unpaired) electrons. The molecular formula is C23H21ClN4O2. The number of benzene rings is 2. The van der Waals surface area contributed by atoms with Crippen molar-refractivity contribution in [3.63, 3.8) is 0 Å². The largest absolute Gasteiger partial charge is 0.494 e. The van der Waals surface area contributed by atoms with Gasteiger partial charge in [0.15, 0.2) is 0 Å². The maximum absolute atomic E-state index is 12.4. The predicted octanol–water partition coefficient (Wildman–Crippen LogP) is 4.48. The maximum atomic E-state index is 12.4. The molecule has 4 aromatic rings. The van der Waals surface area contributed by atoms with E-state index in [4.69, 9.17) is 21.3 Å². The number of aromatic nitrogens is 3. The summed E-state index contributed by atoms with van der Waals surface area (Å²) in [5.74, 6) is 1.42. The van der Waals surface area contributed by atoms with Crippen LogP contribution in [0.1, 0.15) is 22.6 Å². The molecule has 0 saturated carbocycles. The van der Waals surface area contributed by atoms with Crippen LogP contribution in [0.3, 0.4) is 0 Å². The van der Waals surface area contributed by atoms with Gasteiger partial charge in [-0.1, -0.05) is 23.7 Å². The Morgan fingerprint density at radius 1 is 1.07 bits per heavy atom. The lowest BCUT2D eigenvalue weighted by Gasteiger charge is -2.11. The quantitative estimate of drug-likeness (QED) is 0.426. The number of carbonyl (C=O) groups excluding carboxylic acids is 1. The molecule has 1 N–H and O–H groups in total. The number of fused-ring (bicyclic) bond motifs is 1. The molecule has 0 aliphatic rings. The van der Waals surface area contributed by atoms with E-state index in [0.717, 1.165) is 35.6 Å². The highest BCUT2D eigenvalue weighted by molar-refractivity contribution is 6.30. The van der Waals surface area contributed by atoms with Gasteiger partial charge < -0.3 is 14.6 Å². The van der Waals surface area contributed by atoms with Crippen molar-refractivity contribution in [3.8, 4) is 5.75 Å². The number of pyridine rings is 1. The lowest BCUT2D eigenvalue weighted by molar-refractivity contribution is 0.0949.